The molecule has 3 aliphatic rings. The zero-order valence-corrected chi connectivity index (χ0v) is 19.1. The summed E-state index contributed by atoms with van der Waals surface area (Å²) in [5, 5.41) is 19.7. The van der Waals surface area contributed by atoms with E-state index in [2.05, 4.69) is 22.5 Å². The van der Waals surface area contributed by atoms with Crippen LogP contribution in [0.25, 0.3) is 10.9 Å². The van der Waals surface area contributed by atoms with Crippen molar-refractivity contribution < 1.29 is 32.5 Å². The molecule has 0 saturated carbocycles. The summed E-state index contributed by atoms with van der Waals surface area (Å²) in [6, 6.07) is 7.96. The number of aromatic nitrogens is 1. The van der Waals surface area contributed by atoms with Crippen molar-refractivity contribution in [1.82, 2.24) is 9.88 Å². The zero-order chi connectivity index (χ0) is 23.9. The summed E-state index contributed by atoms with van der Waals surface area (Å²) in [6.07, 6.45) is 5.62. The number of nitrogens with zero attached hydrogens (tertiary/aromatic N) is 2. The Morgan fingerprint density at radius 1 is 1.34 bits per heavy atom. The third kappa shape index (κ3) is 6.96. The molecule has 1 aromatic heterocycles. The lowest BCUT2D eigenvalue weighted by molar-refractivity contribution is -0.0444. The Morgan fingerprint density at radius 3 is 2.53 bits per heavy atom. The molecule has 10 heteroatoms. The predicted octanol–water partition coefficient (Wildman–Crippen LogP) is 2.52. The number of piperidine rings is 3. The SMILES string of the molecule is C=C[C@@H]1CN2CCC1C[C@@H]2C(O)c1ccnc2ccc(OC)cc12.CCO.O=S(=O)(O)O. The van der Waals surface area contributed by atoms with Gasteiger partial charge in [-0.15, -0.1) is 6.58 Å². The van der Waals surface area contributed by atoms with Crippen molar-refractivity contribution in [1.29, 1.82) is 0 Å². The lowest BCUT2D eigenvalue weighted by Crippen LogP contribution is -2.54. The lowest BCUT2D eigenvalue weighted by atomic mass is 9.73. The molecule has 0 aliphatic carbocycles. The molecule has 0 amide bonds. The van der Waals surface area contributed by atoms with E-state index in [-0.39, 0.29) is 12.6 Å². The minimum Gasteiger partial charge on any atom is -0.497 e. The van der Waals surface area contributed by atoms with Crippen LogP contribution in [-0.2, 0) is 10.4 Å². The first-order chi connectivity index (χ1) is 15.1. The maximum absolute atomic E-state index is 11.2. The second-order valence-electron chi connectivity index (χ2n) is 7.74. The van der Waals surface area contributed by atoms with Gasteiger partial charge < -0.3 is 14.9 Å². The van der Waals surface area contributed by atoms with Crippen LogP contribution in [0.15, 0.2) is 43.1 Å². The normalized spacial score (nSPS) is 25.1. The largest absolute Gasteiger partial charge is 0.497 e. The number of methoxy groups -OCH3 is 1. The molecule has 3 aliphatic heterocycles. The van der Waals surface area contributed by atoms with Gasteiger partial charge in [0.1, 0.15) is 5.75 Å². The highest BCUT2D eigenvalue weighted by molar-refractivity contribution is 7.79. The monoisotopic (exact) mass is 468 g/mol. The Kier molecular flexibility index (Phi) is 9.56. The molecule has 0 spiro atoms. The molecule has 3 unspecified atom stereocenters. The number of benzene rings is 1. The fourth-order valence-electron chi connectivity index (χ4n) is 4.44. The van der Waals surface area contributed by atoms with Gasteiger partial charge in [0.25, 0.3) is 0 Å². The maximum atomic E-state index is 11.2. The minimum atomic E-state index is -4.67. The molecule has 9 nitrogen and oxygen atoms in total. The summed E-state index contributed by atoms with van der Waals surface area (Å²) in [6.45, 7) is 8.00. The van der Waals surface area contributed by atoms with Crippen LogP contribution in [0.1, 0.15) is 31.4 Å². The highest BCUT2D eigenvalue weighted by atomic mass is 32.3. The summed E-state index contributed by atoms with van der Waals surface area (Å²) < 4.78 is 36.9. The number of aliphatic hydroxyl groups excluding tert-OH is 2. The highest BCUT2D eigenvalue weighted by Crippen LogP contribution is 2.42. The Labute approximate surface area is 188 Å². The topological polar surface area (TPSA) is 140 Å². The second kappa shape index (κ2) is 11.7. The van der Waals surface area contributed by atoms with Crippen LogP contribution < -0.4 is 4.74 Å². The fraction of sp³-hybridized carbons (Fsp3) is 0.500. The Morgan fingerprint density at radius 2 is 2.00 bits per heavy atom. The van der Waals surface area contributed by atoms with Crippen LogP contribution in [0.2, 0.25) is 0 Å². The van der Waals surface area contributed by atoms with Gasteiger partial charge in [-0.05, 0) is 68.0 Å². The van der Waals surface area contributed by atoms with Crippen LogP contribution in [-0.4, -0.2) is 70.5 Å². The van der Waals surface area contributed by atoms with Crippen molar-refractivity contribution in [2.75, 3.05) is 26.8 Å². The van der Waals surface area contributed by atoms with Gasteiger partial charge in [0, 0.05) is 30.8 Å². The summed E-state index contributed by atoms with van der Waals surface area (Å²) in [7, 11) is -3.01. The first kappa shape index (κ1) is 26.2. The molecule has 4 heterocycles. The van der Waals surface area contributed by atoms with Gasteiger partial charge in [-0.1, -0.05) is 6.08 Å². The molecule has 0 radical (unpaired) electrons. The smallest absolute Gasteiger partial charge is 0.394 e. The van der Waals surface area contributed by atoms with E-state index >= 15 is 0 Å². The van der Waals surface area contributed by atoms with Gasteiger partial charge in [-0.25, -0.2) is 0 Å². The first-order valence-corrected chi connectivity index (χ1v) is 11.8. The predicted molar refractivity (Wildman–Crippen MR) is 122 cm³/mol. The molecular weight excluding hydrogens is 436 g/mol. The maximum Gasteiger partial charge on any atom is 0.394 e. The Balaban J connectivity index is 0.000000395. The summed E-state index contributed by atoms with van der Waals surface area (Å²) in [5.41, 5.74) is 1.85. The Hall–Kier alpha value is -2.08. The summed E-state index contributed by atoms with van der Waals surface area (Å²) >= 11 is 0. The molecule has 32 heavy (non-hydrogen) atoms. The summed E-state index contributed by atoms with van der Waals surface area (Å²) in [4.78, 5) is 6.86. The van der Waals surface area contributed by atoms with E-state index in [0.29, 0.717) is 11.8 Å². The van der Waals surface area contributed by atoms with Gasteiger partial charge in [-0.3, -0.25) is 19.0 Å². The van der Waals surface area contributed by atoms with E-state index in [1.54, 1.807) is 20.2 Å². The number of ether oxygens (including phenoxy) is 1. The van der Waals surface area contributed by atoms with E-state index in [1.807, 2.05) is 24.3 Å². The van der Waals surface area contributed by atoms with Crippen LogP contribution in [0.3, 0.4) is 0 Å². The molecule has 5 rings (SSSR count). The lowest BCUT2D eigenvalue weighted by Gasteiger charge is -2.50. The summed E-state index contributed by atoms with van der Waals surface area (Å²) in [5.74, 6) is 2.01. The minimum absolute atomic E-state index is 0.178. The fourth-order valence-corrected chi connectivity index (χ4v) is 4.44. The number of hydrogen-bond acceptors (Lipinski definition) is 7. The number of hydrogen-bond donors (Lipinski definition) is 4. The van der Waals surface area contributed by atoms with Gasteiger partial charge in [0.05, 0.1) is 18.7 Å². The number of fused-ring (bicyclic) bond motifs is 4. The van der Waals surface area contributed by atoms with Crippen molar-refractivity contribution in [2.24, 2.45) is 11.8 Å². The number of pyridine rings is 1. The van der Waals surface area contributed by atoms with Gasteiger partial charge >= 0.3 is 10.4 Å². The molecule has 1 aromatic carbocycles. The molecular formula is C22H32N2O7S. The molecule has 4 N–H and O–H groups in total. The van der Waals surface area contributed by atoms with Crippen LogP contribution in [0.4, 0.5) is 0 Å². The van der Waals surface area contributed by atoms with Crippen molar-refractivity contribution in [3.63, 3.8) is 0 Å². The van der Waals surface area contributed by atoms with Gasteiger partial charge in [0.15, 0.2) is 0 Å². The first-order valence-electron chi connectivity index (χ1n) is 10.4. The molecule has 2 aromatic rings. The standard InChI is InChI=1S/C20H24N2O2.C2H6O.H2O4S/c1-3-13-12-22-9-7-14(13)10-19(22)20(23)16-6-8-21-18-5-4-15(24-2)11-17(16)18;1-2-3;1-5(2,3)4/h3-6,8,11,13-14,19-20,23H,1,7,9-10,12H2,2H3;3H,2H2,1H3;(H2,1,2,3,4)/t13-,14?,19-,20?;;/m1../s1. The van der Waals surface area contributed by atoms with Crippen molar-refractivity contribution in [3.05, 3.63) is 48.7 Å². The highest BCUT2D eigenvalue weighted by Gasteiger charge is 2.42. The van der Waals surface area contributed by atoms with E-state index in [0.717, 1.165) is 41.7 Å². The third-order valence-electron chi connectivity index (χ3n) is 5.82. The zero-order valence-electron chi connectivity index (χ0n) is 18.3. The number of rotatable bonds is 4. The van der Waals surface area contributed by atoms with Crippen molar-refractivity contribution in [3.8, 4) is 5.75 Å². The van der Waals surface area contributed by atoms with E-state index in [9.17, 15) is 5.11 Å². The van der Waals surface area contributed by atoms with Crippen LogP contribution >= 0.6 is 0 Å². The van der Waals surface area contributed by atoms with Crippen LogP contribution in [0.5, 0.6) is 5.75 Å². The molecule has 3 fully saturated rings. The average Bonchev–Trinajstić information content (AvgIpc) is 2.77. The number of aliphatic hydroxyl groups is 2. The second-order valence-corrected chi connectivity index (χ2v) is 8.63. The Bertz CT molecular complexity index is 991. The average molecular weight is 469 g/mol. The molecule has 178 valence electrons. The molecule has 5 atom stereocenters. The van der Waals surface area contributed by atoms with E-state index in [4.69, 9.17) is 27.4 Å². The van der Waals surface area contributed by atoms with Gasteiger partial charge in [0.2, 0.25) is 0 Å². The third-order valence-corrected chi connectivity index (χ3v) is 5.82. The van der Waals surface area contributed by atoms with E-state index < -0.39 is 16.5 Å². The van der Waals surface area contributed by atoms with Gasteiger partial charge in [-0.2, -0.15) is 8.42 Å². The van der Waals surface area contributed by atoms with Crippen LogP contribution in [0, 0.1) is 11.8 Å². The van der Waals surface area contributed by atoms with Crippen molar-refractivity contribution >= 4 is 21.3 Å². The van der Waals surface area contributed by atoms with Crippen molar-refractivity contribution in [2.45, 2.75) is 31.9 Å². The molecule has 2 bridgehead atoms. The quantitative estimate of drug-likeness (QED) is 0.393. The molecule has 3 saturated heterocycles. The van der Waals surface area contributed by atoms with E-state index in [1.165, 1.54) is 6.42 Å².